The number of hydrogen-bond donors (Lipinski definition) is 1. The molecule has 3 rings (SSSR count). The van der Waals surface area contributed by atoms with Gasteiger partial charge in [-0.1, -0.05) is 0 Å². The van der Waals surface area contributed by atoms with Gasteiger partial charge in [-0.25, -0.2) is 8.78 Å². The molecule has 8 nitrogen and oxygen atoms in total. The van der Waals surface area contributed by atoms with Crippen LogP contribution < -0.4 is 10.1 Å². The molecule has 1 aromatic heterocycles. The molecule has 144 valence electrons. The lowest BCUT2D eigenvalue weighted by molar-refractivity contribution is -0.384. The lowest BCUT2D eigenvalue weighted by Gasteiger charge is -2.09. The topological polar surface area (TPSA) is 99.3 Å². The van der Waals surface area contributed by atoms with Crippen molar-refractivity contribution in [2.24, 2.45) is 0 Å². The van der Waals surface area contributed by atoms with E-state index in [1.807, 2.05) is 0 Å². The van der Waals surface area contributed by atoms with Crippen molar-refractivity contribution >= 4 is 33.2 Å². The summed E-state index contributed by atoms with van der Waals surface area (Å²) in [7, 11) is 1.35. The third-order valence-corrected chi connectivity index (χ3v) is 4.85. The van der Waals surface area contributed by atoms with E-state index in [1.54, 1.807) is 0 Å². The van der Waals surface area contributed by atoms with Crippen molar-refractivity contribution in [2.75, 3.05) is 12.4 Å². The molecule has 1 saturated carbocycles. The van der Waals surface area contributed by atoms with Crippen molar-refractivity contribution < 1.29 is 23.2 Å². The van der Waals surface area contributed by atoms with Crippen LogP contribution in [0.15, 0.2) is 22.7 Å². The third kappa shape index (κ3) is 4.24. The monoisotopic (exact) mass is 444 g/mol. The number of methoxy groups -OCH3 is 1. The standard InChI is InChI=1S/C16H15BrF2N4O4/c1-27-11-5-9(4-10(6-11)23(25)26)20-12(24)7-22-15(8-2-3-8)13(17)14(21-22)16(18)19/h4-6,8,16H,2-3,7H2,1H3,(H,20,24). The highest BCUT2D eigenvalue weighted by Crippen LogP contribution is 2.45. The van der Waals surface area contributed by atoms with Gasteiger partial charge >= 0.3 is 0 Å². The molecule has 1 fully saturated rings. The number of alkyl halides is 2. The number of amides is 1. The van der Waals surface area contributed by atoms with Gasteiger partial charge in [-0.2, -0.15) is 5.10 Å². The zero-order chi connectivity index (χ0) is 19.7. The third-order valence-electron chi connectivity index (χ3n) is 4.04. The van der Waals surface area contributed by atoms with Crippen molar-refractivity contribution in [3.63, 3.8) is 0 Å². The highest BCUT2D eigenvalue weighted by Gasteiger charge is 2.34. The quantitative estimate of drug-likeness (QED) is 0.513. The SMILES string of the molecule is COc1cc(NC(=O)Cn2nc(C(F)F)c(Br)c2C2CC2)cc([N+](=O)[O-])c1. The number of carbonyl (C=O) groups is 1. The van der Waals surface area contributed by atoms with Gasteiger partial charge in [-0.3, -0.25) is 19.6 Å². The highest BCUT2D eigenvalue weighted by molar-refractivity contribution is 9.10. The van der Waals surface area contributed by atoms with E-state index in [1.165, 1.54) is 30.0 Å². The summed E-state index contributed by atoms with van der Waals surface area (Å²) in [6.07, 6.45) is -1.07. The summed E-state index contributed by atoms with van der Waals surface area (Å²) in [6, 6.07) is 3.84. The Bertz CT molecular complexity index is 899. The number of benzene rings is 1. The number of non-ortho nitro benzene ring substituents is 1. The molecule has 1 aliphatic rings. The van der Waals surface area contributed by atoms with E-state index in [0.29, 0.717) is 5.69 Å². The van der Waals surface area contributed by atoms with Gasteiger partial charge in [-0.05, 0) is 28.8 Å². The number of nitro groups is 1. The Kier molecular flexibility index (Phi) is 5.40. The number of anilines is 1. The van der Waals surface area contributed by atoms with Crippen LogP contribution in [0.3, 0.4) is 0 Å². The second-order valence-electron chi connectivity index (χ2n) is 6.04. The lowest BCUT2D eigenvalue weighted by Crippen LogP contribution is -2.21. The number of ether oxygens (including phenoxy) is 1. The average Bonchev–Trinajstić information content (AvgIpc) is 3.38. The number of aromatic nitrogens is 2. The number of nitro benzene ring substituents is 1. The molecule has 1 aliphatic carbocycles. The van der Waals surface area contributed by atoms with Crippen LogP contribution in [0.2, 0.25) is 0 Å². The minimum atomic E-state index is -2.76. The van der Waals surface area contributed by atoms with E-state index in [2.05, 4.69) is 26.3 Å². The first-order chi connectivity index (χ1) is 12.8. The second-order valence-corrected chi connectivity index (χ2v) is 6.84. The Morgan fingerprint density at radius 1 is 1.48 bits per heavy atom. The number of halogens is 3. The molecule has 0 atom stereocenters. The molecule has 11 heteroatoms. The van der Waals surface area contributed by atoms with Gasteiger partial charge in [0.25, 0.3) is 12.1 Å². The van der Waals surface area contributed by atoms with Crippen LogP contribution in [0.5, 0.6) is 5.75 Å². The van der Waals surface area contributed by atoms with E-state index < -0.39 is 22.9 Å². The van der Waals surface area contributed by atoms with Gasteiger partial charge in [0.15, 0.2) is 0 Å². The Balaban J connectivity index is 1.82. The normalized spacial score (nSPS) is 13.7. The largest absolute Gasteiger partial charge is 0.496 e. The fourth-order valence-corrected chi connectivity index (χ4v) is 3.48. The lowest BCUT2D eigenvalue weighted by atomic mass is 10.2. The van der Waals surface area contributed by atoms with Crippen molar-refractivity contribution in [1.82, 2.24) is 9.78 Å². The number of nitrogens with one attached hydrogen (secondary N) is 1. The first-order valence-corrected chi connectivity index (χ1v) is 8.77. The minimum Gasteiger partial charge on any atom is -0.496 e. The van der Waals surface area contributed by atoms with Gasteiger partial charge in [0.05, 0.1) is 34.0 Å². The predicted octanol–water partition coefficient (Wildman–Crippen LogP) is 4.02. The first kappa shape index (κ1) is 19.2. The second kappa shape index (κ2) is 7.59. The molecular formula is C16H15BrF2N4O4. The molecule has 1 amide bonds. The van der Waals surface area contributed by atoms with Crippen LogP contribution in [-0.2, 0) is 11.3 Å². The molecule has 0 spiro atoms. The van der Waals surface area contributed by atoms with E-state index in [4.69, 9.17) is 4.74 Å². The highest BCUT2D eigenvalue weighted by atomic mass is 79.9. The Labute approximate surface area is 160 Å². The summed E-state index contributed by atoms with van der Waals surface area (Å²) >= 11 is 3.16. The van der Waals surface area contributed by atoms with Crippen molar-refractivity contribution in [2.45, 2.75) is 31.7 Å². The number of nitrogens with zero attached hydrogens (tertiary/aromatic N) is 3. The minimum absolute atomic E-state index is 0.0880. The van der Waals surface area contributed by atoms with E-state index in [9.17, 15) is 23.7 Å². The van der Waals surface area contributed by atoms with Crippen LogP contribution in [0, 0.1) is 10.1 Å². The molecule has 0 saturated heterocycles. The summed E-state index contributed by atoms with van der Waals surface area (Å²) in [5.74, 6) is -0.250. The summed E-state index contributed by atoms with van der Waals surface area (Å²) in [4.78, 5) is 22.7. The maximum Gasteiger partial charge on any atom is 0.283 e. The van der Waals surface area contributed by atoms with Gasteiger partial charge in [0.2, 0.25) is 5.91 Å². The molecule has 0 bridgehead atoms. The molecule has 0 unspecified atom stereocenters. The fraction of sp³-hybridized carbons (Fsp3) is 0.375. The zero-order valence-corrected chi connectivity index (χ0v) is 15.7. The van der Waals surface area contributed by atoms with Gasteiger partial charge in [-0.15, -0.1) is 0 Å². The molecule has 27 heavy (non-hydrogen) atoms. The summed E-state index contributed by atoms with van der Waals surface area (Å²) < 4.78 is 32.7. The van der Waals surface area contributed by atoms with E-state index in [0.717, 1.165) is 12.8 Å². The predicted molar refractivity (Wildman–Crippen MR) is 95.1 cm³/mol. The molecule has 2 aromatic rings. The van der Waals surface area contributed by atoms with E-state index >= 15 is 0 Å². The van der Waals surface area contributed by atoms with Crippen LogP contribution in [-0.4, -0.2) is 27.7 Å². The van der Waals surface area contributed by atoms with Crippen molar-refractivity contribution in [1.29, 1.82) is 0 Å². The van der Waals surface area contributed by atoms with E-state index in [-0.39, 0.29) is 34.1 Å². The molecular weight excluding hydrogens is 430 g/mol. The Morgan fingerprint density at radius 2 is 2.19 bits per heavy atom. The maximum atomic E-state index is 13.1. The summed E-state index contributed by atoms with van der Waals surface area (Å²) in [5, 5.41) is 17.4. The average molecular weight is 445 g/mol. The maximum absolute atomic E-state index is 13.1. The molecule has 1 N–H and O–H groups in total. The summed E-state index contributed by atoms with van der Waals surface area (Å²) in [5.41, 5.74) is 0.0863. The number of carbonyl (C=O) groups excluding carboxylic acids is 1. The summed E-state index contributed by atoms with van der Waals surface area (Å²) in [6.45, 7) is -0.290. The van der Waals surface area contributed by atoms with Gasteiger partial charge in [0.1, 0.15) is 18.0 Å². The Morgan fingerprint density at radius 3 is 2.74 bits per heavy atom. The van der Waals surface area contributed by atoms with Crippen molar-refractivity contribution in [3.05, 3.63) is 44.2 Å². The van der Waals surface area contributed by atoms with Crippen LogP contribution in [0.4, 0.5) is 20.2 Å². The van der Waals surface area contributed by atoms with Gasteiger partial charge < -0.3 is 10.1 Å². The van der Waals surface area contributed by atoms with Crippen LogP contribution in [0.25, 0.3) is 0 Å². The van der Waals surface area contributed by atoms with Crippen LogP contribution >= 0.6 is 15.9 Å². The Hall–Kier alpha value is -2.56. The fourth-order valence-electron chi connectivity index (χ4n) is 2.69. The van der Waals surface area contributed by atoms with Gasteiger partial charge in [0, 0.05) is 18.1 Å². The smallest absolute Gasteiger partial charge is 0.283 e. The first-order valence-electron chi connectivity index (χ1n) is 7.97. The molecule has 1 aromatic carbocycles. The molecule has 1 heterocycles. The molecule has 0 radical (unpaired) electrons. The molecule has 0 aliphatic heterocycles. The van der Waals surface area contributed by atoms with Crippen molar-refractivity contribution in [3.8, 4) is 5.75 Å². The van der Waals surface area contributed by atoms with Crippen LogP contribution in [0.1, 0.15) is 36.6 Å². The number of rotatable bonds is 7. The zero-order valence-electron chi connectivity index (χ0n) is 14.1. The number of hydrogen-bond acceptors (Lipinski definition) is 5.